The summed E-state index contributed by atoms with van der Waals surface area (Å²) in [5.74, 6) is -0.673. The van der Waals surface area contributed by atoms with Crippen LogP contribution in [0.15, 0.2) is 54.6 Å². The van der Waals surface area contributed by atoms with E-state index in [1.807, 2.05) is 18.2 Å². The maximum atomic E-state index is 12.1. The van der Waals surface area contributed by atoms with E-state index in [4.69, 9.17) is 11.6 Å². The van der Waals surface area contributed by atoms with Crippen molar-refractivity contribution in [2.45, 2.75) is 6.54 Å². The van der Waals surface area contributed by atoms with E-state index in [0.29, 0.717) is 10.6 Å². The van der Waals surface area contributed by atoms with Gasteiger partial charge < -0.3 is 0 Å². The summed E-state index contributed by atoms with van der Waals surface area (Å²) in [6.45, 7) is 4.64. The third kappa shape index (κ3) is 5.79. The molecule has 142 valence electrons. The second-order valence-corrected chi connectivity index (χ2v) is 6.93. The molecule has 2 aromatic carbocycles. The number of hydrogen-bond donors (Lipinski definition) is 2. The number of nitrogens with one attached hydrogen (secondary N) is 2. The summed E-state index contributed by atoms with van der Waals surface area (Å²) in [6, 6.07) is 17.1. The summed E-state index contributed by atoms with van der Waals surface area (Å²) in [6.07, 6.45) is 0. The van der Waals surface area contributed by atoms with E-state index in [2.05, 4.69) is 32.8 Å². The molecule has 6 nitrogen and oxygen atoms in total. The van der Waals surface area contributed by atoms with Crippen LogP contribution in [0.4, 0.5) is 0 Å². The molecule has 2 amide bonds. The lowest BCUT2D eigenvalue weighted by Crippen LogP contribution is -2.51. The molecule has 0 radical (unpaired) electrons. The van der Waals surface area contributed by atoms with Crippen molar-refractivity contribution in [3.8, 4) is 0 Å². The lowest BCUT2D eigenvalue weighted by Gasteiger charge is -2.34. The van der Waals surface area contributed by atoms with Crippen LogP contribution in [-0.2, 0) is 11.3 Å². The number of halogens is 1. The number of benzene rings is 2. The van der Waals surface area contributed by atoms with Gasteiger partial charge in [0.05, 0.1) is 17.1 Å². The number of rotatable bonds is 5. The molecular weight excluding hydrogens is 364 g/mol. The van der Waals surface area contributed by atoms with Crippen LogP contribution in [0.3, 0.4) is 0 Å². The lowest BCUT2D eigenvalue weighted by atomic mass is 10.2. The summed E-state index contributed by atoms with van der Waals surface area (Å²) in [5.41, 5.74) is 6.49. The maximum Gasteiger partial charge on any atom is 0.271 e. The van der Waals surface area contributed by atoms with E-state index in [0.717, 1.165) is 32.7 Å². The van der Waals surface area contributed by atoms with Crippen LogP contribution in [0.5, 0.6) is 0 Å². The van der Waals surface area contributed by atoms with Crippen molar-refractivity contribution in [1.82, 2.24) is 20.7 Å². The normalized spacial score (nSPS) is 15.3. The summed E-state index contributed by atoms with van der Waals surface area (Å²) in [4.78, 5) is 28.6. The summed E-state index contributed by atoms with van der Waals surface area (Å²) in [7, 11) is 0. The van der Waals surface area contributed by atoms with Crippen LogP contribution in [-0.4, -0.2) is 54.3 Å². The second-order valence-electron chi connectivity index (χ2n) is 6.52. The number of piperazine rings is 1. The monoisotopic (exact) mass is 386 g/mol. The molecule has 0 spiro atoms. The Labute approximate surface area is 164 Å². The van der Waals surface area contributed by atoms with Crippen molar-refractivity contribution in [3.05, 3.63) is 70.7 Å². The Morgan fingerprint density at radius 3 is 2.19 bits per heavy atom. The quantitative estimate of drug-likeness (QED) is 0.770. The van der Waals surface area contributed by atoms with Gasteiger partial charge in [-0.3, -0.25) is 30.2 Å². The molecule has 3 rings (SSSR count). The first-order valence-corrected chi connectivity index (χ1v) is 9.32. The zero-order valence-corrected chi connectivity index (χ0v) is 15.8. The molecule has 1 fully saturated rings. The maximum absolute atomic E-state index is 12.1. The zero-order valence-electron chi connectivity index (χ0n) is 15.0. The highest BCUT2D eigenvalue weighted by molar-refractivity contribution is 6.33. The van der Waals surface area contributed by atoms with E-state index < -0.39 is 5.91 Å². The van der Waals surface area contributed by atoms with Gasteiger partial charge in [-0.2, -0.15) is 0 Å². The number of hydrazine groups is 1. The van der Waals surface area contributed by atoms with Gasteiger partial charge >= 0.3 is 0 Å². The van der Waals surface area contributed by atoms with Crippen molar-refractivity contribution in [1.29, 1.82) is 0 Å². The molecule has 2 N–H and O–H groups in total. The number of nitrogens with zero attached hydrogens (tertiary/aromatic N) is 2. The summed E-state index contributed by atoms with van der Waals surface area (Å²) in [5, 5.41) is 0.346. The highest BCUT2D eigenvalue weighted by Gasteiger charge is 2.19. The molecular formula is C20H23ClN4O2. The van der Waals surface area contributed by atoms with Gasteiger partial charge in [0.1, 0.15) is 0 Å². The topological polar surface area (TPSA) is 64.7 Å². The minimum absolute atomic E-state index is 0.244. The second kappa shape index (κ2) is 9.50. The van der Waals surface area contributed by atoms with Crippen LogP contribution < -0.4 is 10.9 Å². The van der Waals surface area contributed by atoms with Crippen LogP contribution in [0.25, 0.3) is 0 Å². The molecule has 1 saturated heterocycles. The predicted octanol–water partition coefficient (Wildman–Crippen LogP) is 1.92. The van der Waals surface area contributed by atoms with E-state index in [9.17, 15) is 9.59 Å². The van der Waals surface area contributed by atoms with Gasteiger partial charge in [0.25, 0.3) is 11.8 Å². The number of hydrogen-bond acceptors (Lipinski definition) is 4. The SMILES string of the molecule is O=C(CN1CCN(Cc2ccccc2)CC1)NNC(=O)c1ccccc1Cl. The van der Waals surface area contributed by atoms with E-state index >= 15 is 0 Å². The average Bonchev–Trinajstić information content (AvgIpc) is 2.69. The summed E-state index contributed by atoms with van der Waals surface area (Å²) < 4.78 is 0. The highest BCUT2D eigenvalue weighted by Crippen LogP contribution is 2.14. The molecule has 1 aliphatic heterocycles. The van der Waals surface area contributed by atoms with Crippen LogP contribution in [0, 0.1) is 0 Å². The Balaban J connectivity index is 1.38. The van der Waals surface area contributed by atoms with Crippen LogP contribution >= 0.6 is 11.6 Å². The fourth-order valence-corrected chi connectivity index (χ4v) is 3.25. The molecule has 1 aliphatic rings. The predicted molar refractivity (Wildman–Crippen MR) is 105 cm³/mol. The highest BCUT2D eigenvalue weighted by atomic mass is 35.5. The smallest absolute Gasteiger partial charge is 0.271 e. The van der Waals surface area contributed by atoms with E-state index in [-0.39, 0.29) is 12.5 Å². The standard InChI is InChI=1S/C20H23ClN4O2/c21-18-9-5-4-8-17(18)20(27)23-22-19(26)15-25-12-10-24(11-13-25)14-16-6-2-1-3-7-16/h1-9H,10-15H2,(H,22,26)(H,23,27). The van der Waals surface area contributed by atoms with Gasteiger partial charge in [-0.05, 0) is 17.7 Å². The fraction of sp³-hybridized carbons (Fsp3) is 0.300. The molecule has 0 unspecified atom stereocenters. The molecule has 0 aromatic heterocycles. The molecule has 2 aromatic rings. The zero-order chi connectivity index (χ0) is 19.1. The molecule has 0 saturated carbocycles. The molecule has 27 heavy (non-hydrogen) atoms. The number of carbonyl (C=O) groups is 2. The van der Waals surface area contributed by atoms with Gasteiger partial charge in [0, 0.05) is 32.7 Å². The Hall–Kier alpha value is -2.41. The minimum atomic E-state index is -0.429. The summed E-state index contributed by atoms with van der Waals surface area (Å²) >= 11 is 5.98. The molecule has 7 heteroatoms. The van der Waals surface area contributed by atoms with Crippen molar-refractivity contribution in [2.75, 3.05) is 32.7 Å². The largest absolute Gasteiger partial charge is 0.297 e. The Kier molecular flexibility index (Phi) is 6.81. The van der Waals surface area contributed by atoms with Gasteiger partial charge in [-0.1, -0.05) is 54.1 Å². The Bertz CT molecular complexity index is 777. The van der Waals surface area contributed by atoms with Gasteiger partial charge in [0.15, 0.2) is 0 Å². The third-order valence-electron chi connectivity index (χ3n) is 4.52. The molecule has 0 bridgehead atoms. The average molecular weight is 387 g/mol. The third-order valence-corrected chi connectivity index (χ3v) is 4.84. The van der Waals surface area contributed by atoms with Crippen molar-refractivity contribution >= 4 is 23.4 Å². The Morgan fingerprint density at radius 2 is 1.48 bits per heavy atom. The van der Waals surface area contributed by atoms with Gasteiger partial charge in [0.2, 0.25) is 0 Å². The number of amides is 2. The van der Waals surface area contributed by atoms with E-state index in [1.54, 1.807) is 24.3 Å². The molecule has 0 aliphatic carbocycles. The Morgan fingerprint density at radius 1 is 0.852 bits per heavy atom. The van der Waals surface area contributed by atoms with Crippen molar-refractivity contribution in [2.24, 2.45) is 0 Å². The number of carbonyl (C=O) groups excluding carboxylic acids is 2. The first-order valence-electron chi connectivity index (χ1n) is 8.94. The first kappa shape index (κ1) is 19.4. The van der Waals surface area contributed by atoms with Crippen molar-refractivity contribution in [3.63, 3.8) is 0 Å². The van der Waals surface area contributed by atoms with E-state index in [1.165, 1.54) is 5.56 Å². The molecule has 1 heterocycles. The van der Waals surface area contributed by atoms with Crippen LogP contribution in [0.1, 0.15) is 15.9 Å². The van der Waals surface area contributed by atoms with Crippen molar-refractivity contribution < 1.29 is 9.59 Å². The first-order chi connectivity index (χ1) is 13.1. The lowest BCUT2D eigenvalue weighted by molar-refractivity contribution is -0.123. The van der Waals surface area contributed by atoms with Gasteiger partial charge in [-0.15, -0.1) is 0 Å². The minimum Gasteiger partial charge on any atom is -0.297 e. The van der Waals surface area contributed by atoms with Gasteiger partial charge in [-0.25, -0.2) is 0 Å². The molecule has 0 atom stereocenters. The fourth-order valence-electron chi connectivity index (χ4n) is 3.03. The van der Waals surface area contributed by atoms with Crippen LogP contribution in [0.2, 0.25) is 5.02 Å².